The molecule has 3 rings (SSSR count). The summed E-state index contributed by atoms with van der Waals surface area (Å²) in [7, 11) is 0. The molecule has 0 aliphatic heterocycles. The van der Waals surface area contributed by atoms with E-state index in [9.17, 15) is 18.8 Å². The second-order valence-electron chi connectivity index (χ2n) is 4.75. The first-order valence-corrected chi connectivity index (χ1v) is 7.26. The van der Waals surface area contributed by atoms with E-state index in [-0.39, 0.29) is 11.3 Å². The van der Waals surface area contributed by atoms with Crippen molar-refractivity contribution < 1.29 is 9.18 Å². The van der Waals surface area contributed by atoms with Crippen LogP contribution in [-0.4, -0.2) is 15.9 Å². The van der Waals surface area contributed by atoms with E-state index in [1.165, 1.54) is 30.3 Å². The predicted molar refractivity (Wildman–Crippen MR) is 87.2 cm³/mol. The minimum atomic E-state index is -0.811. The molecule has 1 amide bonds. The molecule has 1 heterocycles. The number of carbonyl (C=O) groups is 1. The number of halogens is 2. The van der Waals surface area contributed by atoms with Crippen LogP contribution in [0, 0.1) is 5.82 Å². The fourth-order valence-corrected chi connectivity index (χ4v) is 2.37. The van der Waals surface area contributed by atoms with Crippen LogP contribution < -0.4 is 16.4 Å². The van der Waals surface area contributed by atoms with Crippen LogP contribution in [0.2, 0.25) is 0 Å². The van der Waals surface area contributed by atoms with Gasteiger partial charge in [0.05, 0.1) is 16.7 Å². The lowest BCUT2D eigenvalue weighted by Crippen LogP contribution is -2.29. The SMILES string of the molecule is O=C(Nc1ccc(Br)cc1F)c1ccc2[nH]c(=O)c(=O)[nH]c2c1. The Hall–Kier alpha value is -2.74. The summed E-state index contributed by atoms with van der Waals surface area (Å²) in [6, 6.07) is 8.61. The summed E-state index contributed by atoms with van der Waals surface area (Å²) >= 11 is 3.13. The molecule has 0 aliphatic rings. The maximum Gasteiger partial charge on any atom is 0.314 e. The van der Waals surface area contributed by atoms with Crippen molar-refractivity contribution in [3.05, 3.63) is 73.0 Å². The lowest BCUT2D eigenvalue weighted by molar-refractivity contribution is 0.102. The Kier molecular flexibility index (Phi) is 3.83. The van der Waals surface area contributed by atoms with E-state index in [4.69, 9.17) is 0 Å². The number of nitrogens with one attached hydrogen (secondary N) is 3. The molecule has 0 atom stereocenters. The third-order valence-corrected chi connectivity index (χ3v) is 3.66. The van der Waals surface area contributed by atoms with Crippen LogP contribution in [0.5, 0.6) is 0 Å². The first kappa shape index (κ1) is 15.2. The van der Waals surface area contributed by atoms with E-state index in [1.54, 1.807) is 6.07 Å². The van der Waals surface area contributed by atoms with E-state index < -0.39 is 22.8 Å². The summed E-state index contributed by atoms with van der Waals surface area (Å²) in [5, 5.41) is 2.45. The maximum atomic E-state index is 13.7. The molecule has 0 spiro atoms. The number of hydrogen-bond acceptors (Lipinski definition) is 3. The van der Waals surface area contributed by atoms with Crippen LogP contribution in [0.15, 0.2) is 50.5 Å². The number of aromatic amines is 2. The van der Waals surface area contributed by atoms with Crippen LogP contribution in [0.3, 0.4) is 0 Å². The average molecular weight is 378 g/mol. The van der Waals surface area contributed by atoms with Gasteiger partial charge >= 0.3 is 11.1 Å². The highest BCUT2D eigenvalue weighted by molar-refractivity contribution is 9.10. The molecule has 8 heteroatoms. The highest BCUT2D eigenvalue weighted by atomic mass is 79.9. The van der Waals surface area contributed by atoms with E-state index >= 15 is 0 Å². The van der Waals surface area contributed by atoms with Crippen LogP contribution in [0.4, 0.5) is 10.1 Å². The van der Waals surface area contributed by atoms with Gasteiger partial charge in [-0.25, -0.2) is 4.39 Å². The highest BCUT2D eigenvalue weighted by Gasteiger charge is 2.11. The number of H-pyrrole nitrogens is 2. The molecular weight excluding hydrogens is 369 g/mol. The lowest BCUT2D eigenvalue weighted by Gasteiger charge is -2.07. The van der Waals surface area contributed by atoms with Crippen LogP contribution in [0.25, 0.3) is 11.0 Å². The summed E-state index contributed by atoms with van der Waals surface area (Å²) in [6.07, 6.45) is 0. The van der Waals surface area contributed by atoms with Crippen molar-refractivity contribution in [3.63, 3.8) is 0 Å². The van der Waals surface area contributed by atoms with Gasteiger partial charge in [-0.15, -0.1) is 0 Å². The third kappa shape index (κ3) is 3.07. The topological polar surface area (TPSA) is 94.8 Å². The fourth-order valence-electron chi connectivity index (χ4n) is 2.04. The first-order chi connectivity index (χ1) is 10.9. The van der Waals surface area contributed by atoms with Crippen molar-refractivity contribution >= 4 is 38.6 Å². The Bertz CT molecular complexity index is 1040. The highest BCUT2D eigenvalue weighted by Crippen LogP contribution is 2.20. The molecule has 0 aliphatic carbocycles. The number of hydrogen-bond donors (Lipinski definition) is 3. The summed E-state index contributed by atoms with van der Waals surface area (Å²) in [4.78, 5) is 39.5. The smallest absolute Gasteiger partial charge is 0.314 e. The zero-order chi connectivity index (χ0) is 16.6. The van der Waals surface area contributed by atoms with E-state index in [0.29, 0.717) is 15.5 Å². The van der Waals surface area contributed by atoms with Gasteiger partial charge in [0.1, 0.15) is 5.82 Å². The Morgan fingerprint density at radius 1 is 1.00 bits per heavy atom. The zero-order valence-electron chi connectivity index (χ0n) is 11.4. The normalized spacial score (nSPS) is 10.7. The number of carbonyl (C=O) groups excluding carboxylic acids is 1. The molecule has 0 unspecified atom stereocenters. The van der Waals surface area contributed by atoms with Crippen molar-refractivity contribution in [2.45, 2.75) is 0 Å². The molecule has 0 fully saturated rings. The van der Waals surface area contributed by atoms with Crippen LogP contribution in [-0.2, 0) is 0 Å². The standard InChI is InChI=1S/C15H9BrFN3O3/c16-8-2-4-10(9(17)6-8)18-13(21)7-1-3-11-12(5-7)20-15(23)14(22)19-11/h1-6H,(H,18,21)(H,19,22)(H,20,23). The van der Waals surface area contributed by atoms with Gasteiger partial charge in [0.15, 0.2) is 0 Å². The van der Waals surface area contributed by atoms with Gasteiger partial charge in [-0.3, -0.25) is 14.4 Å². The van der Waals surface area contributed by atoms with Gasteiger partial charge in [-0.05, 0) is 36.4 Å². The van der Waals surface area contributed by atoms with Crippen molar-refractivity contribution in [2.24, 2.45) is 0 Å². The van der Waals surface area contributed by atoms with Crippen LogP contribution >= 0.6 is 15.9 Å². The van der Waals surface area contributed by atoms with Crippen molar-refractivity contribution in [1.29, 1.82) is 0 Å². The maximum absolute atomic E-state index is 13.7. The van der Waals surface area contributed by atoms with Gasteiger partial charge in [0.2, 0.25) is 0 Å². The summed E-state index contributed by atoms with van der Waals surface area (Å²) < 4.78 is 14.3. The Balaban J connectivity index is 1.96. The minimum absolute atomic E-state index is 0.0354. The van der Waals surface area contributed by atoms with Gasteiger partial charge in [0.25, 0.3) is 5.91 Å². The van der Waals surface area contributed by atoms with E-state index in [1.807, 2.05) is 0 Å². The molecule has 1 aromatic heterocycles. The number of aromatic nitrogens is 2. The molecule has 23 heavy (non-hydrogen) atoms. The monoisotopic (exact) mass is 377 g/mol. The molecule has 2 aromatic carbocycles. The van der Waals surface area contributed by atoms with E-state index in [0.717, 1.165) is 0 Å². The quantitative estimate of drug-likeness (QED) is 0.598. The average Bonchev–Trinajstić information content (AvgIpc) is 2.50. The lowest BCUT2D eigenvalue weighted by atomic mass is 10.1. The van der Waals surface area contributed by atoms with Crippen molar-refractivity contribution in [3.8, 4) is 0 Å². The molecular formula is C15H9BrFN3O3. The van der Waals surface area contributed by atoms with Crippen molar-refractivity contribution in [1.82, 2.24) is 9.97 Å². The molecule has 0 saturated heterocycles. The fraction of sp³-hybridized carbons (Fsp3) is 0. The number of amides is 1. The molecule has 0 saturated carbocycles. The molecule has 6 nitrogen and oxygen atoms in total. The van der Waals surface area contributed by atoms with E-state index in [2.05, 4.69) is 31.2 Å². The third-order valence-electron chi connectivity index (χ3n) is 3.16. The number of fused-ring (bicyclic) bond motifs is 1. The van der Waals surface area contributed by atoms with Gasteiger partial charge in [0, 0.05) is 10.0 Å². The van der Waals surface area contributed by atoms with Crippen molar-refractivity contribution in [2.75, 3.05) is 5.32 Å². The molecule has 0 bridgehead atoms. The molecule has 116 valence electrons. The second-order valence-corrected chi connectivity index (χ2v) is 5.66. The summed E-state index contributed by atoms with van der Waals surface area (Å²) in [5.41, 5.74) is -0.643. The Labute approximate surface area is 136 Å². The molecule has 3 N–H and O–H groups in total. The minimum Gasteiger partial charge on any atom is -0.319 e. The van der Waals surface area contributed by atoms with Gasteiger partial charge in [-0.1, -0.05) is 15.9 Å². The van der Waals surface area contributed by atoms with Gasteiger partial charge < -0.3 is 15.3 Å². The summed E-state index contributed by atoms with van der Waals surface area (Å²) in [5.74, 6) is -1.12. The summed E-state index contributed by atoms with van der Waals surface area (Å²) in [6.45, 7) is 0. The largest absolute Gasteiger partial charge is 0.319 e. The molecule has 3 aromatic rings. The van der Waals surface area contributed by atoms with Gasteiger partial charge in [-0.2, -0.15) is 0 Å². The second kappa shape index (κ2) is 5.81. The first-order valence-electron chi connectivity index (χ1n) is 6.47. The Morgan fingerprint density at radius 3 is 2.39 bits per heavy atom. The number of rotatable bonds is 2. The Morgan fingerprint density at radius 2 is 1.70 bits per heavy atom. The zero-order valence-corrected chi connectivity index (χ0v) is 13.0. The molecule has 0 radical (unpaired) electrons. The van der Waals surface area contributed by atoms with Crippen LogP contribution in [0.1, 0.15) is 10.4 Å². The number of anilines is 1. The number of benzene rings is 2. The predicted octanol–water partition coefficient (Wildman–Crippen LogP) is 2.37.